The van der Waals surface area contributed by atoms with Crippen LogP contribution in [0.5, 0.6) is 5.75 Å². The molecule has 6 nitrogen and oxygen atoms in total. The number of H-pyrrole nitrogens is 1. The van der Waals surface area contributed by atoms with Crippen molar-refractivity contribution in [1.82, 2.24) is 20.5 Å². The van der Waals surface area contributed by atoms with Crippen LogP contribution < -0.4 is 10.1 Å². The fourth-order valence-corrected chi connectivity index (χ4v) is 2.05. The van der Waals surface area contributed by atoms with Gasteiger partial charge in [-0.2, -0.15) is 5.10 Å². The summed E-state index contributed by atoms with van der Waals surface area (Å²) in [6.07, 6.45) is 3.17. The SMILES string of the molecule is O=C(NCc1ncn[nH]1)C1=Cc2cc(Cl)ccc2OC1. The smallest absolute Gasteiger partial charge is 0.251 e. The number of aromatic nitrogens is 3. The average molecular weight is 291 g/mol. The molecule has 0 fully saturated rings. The summed E-state index contributed by atoms with van der Waals surface area (Å²) in [5.41, 5.74) is 1.34. The molecule has 0 spiro atoms. The van der Waals surface area contributed by atoms with E-state index in [0.29, 0.717) is 23.0 Å². The first kappa shape index (κ1) is 12.7. The Labute approximate surface area is 119 Å². The predicted octanol–water partition coefficient (Wildman–Crippen LogP) is 1.55. The molecule has 0 radical (unpaired) electrons. The minimum atomic E-state index is -0.202. The van der Waals surface area contributed by atoms with Gasteiger partial charge in [0.05, 0.1) is 12.1 Å². The summed E-state index contributed by atoms with van der Waals surface area (Å²) in [7, 11) is 0. The first-order valence-corrected chi connectivity index (χ1v) is 6.35. The summed E-state index contributed by atoms with van der Waals surface area (Å²) < 4.78 is 5.53. The van der Waals surface area contributed by atoms with Crippen molar-refractivity contribution in [2.24, 2.45) is 0 Å². The second-order valence-corrected chi connectivity index (χ2v) is 4.69. The Kier molecular flexibility index (Phi) is 3.39. The number of nitrogens with zero attached hydrogens (tertiary/aromatic N) is 2. The number of halogens is 1. The summed E-state index contributed by atoms with van der Waals surface area (Å²) in [5.74, 6) is 1.12. The molecule has 1 amide bonds. The number of benzene rings is 1. The molecule has 1 aliphatic heterocycles. The molecule has 1 aromatic carbocycles. The topological polar surface area (TPSA) is 79.9 Å². The van der Waals surface area contributed by atoms with Crippen LogP contribution in [-0.2, 0) is 11.3 Å². The number of hydrogen-bond donors (Lipinski definition) is 2. The van der Waals surface area contributed by atoms with Crippen LogP contribution >= 0.6 is 11.6 Å². The fourth-order valence-electron chi connectivity index (χ4n) is 1.87. The lowest BCUT2D eigenvalue weighted by molar-refractivity contribution is -0.118. The quantitative estimate of drug-likeness (QED) is 0.899. The van der Waals surface area contributed by atoms with E-state index in [2.05, 4.69) is 20.5 Å². The number of nitrogens with one attached hydrogen (secondary N) is 2. The van der Waals surface area contributed by atoms with Gasteiger partial charge in [-0.05, 0) is 24.3 Å². The van der Waals surface area contributed by atoms with E-state index >= 15 is 0 Å². The monoisotopic (exact) mass is 290 g/mol. The van der Waals surface area contributed by atoms with Gasteiger partial charge in [-0.1, -0.05) is 11.6 Å². The van der Waals surface area contributed by atoms with Crippen LogP contribution in [0.15, 0.2) is 30.1 Å². The maximum atomic E-state index is 12.0. The van der Waals surface area contributed by atoms with Crippen molar-refractivity contribution in [2.75, 3.05) is 6.61 Å². The molecule has 3 rings (SSSR count). The van der Waals surface area contributed by atoms with Crippen LogP contribution in [0.2, 0.25) is 5.02 Å². The zero-order valence-corrected chi connectivity index (χ0v) is 11.1. The first-order valence-electron chi connectivity index (χ1n) is 5.98. The second kappa shape index (κ2) is 5.34. The van der Waals surface area contributed by atoms with Crippen molar-refractivity contribution in [3.8, 4) is 5.75 Å². The molecule has 102 valence electrons. The highest BCUT2D eigenvalue weighted by Crippen LogP contribution is 2.28. The van der Waals surface area contributed by atoms with Gasteiger partial charge in [0.15, 0.2) is 0 Å². The molecule has 2 aromatic rings. The van der Waals surface area contributed by atoms with E-state index in [4.69, 9.17) is 16.3 Å². The molecule has 0 saturated heterocycles. The molecular formula is C13H11ClN4O2. The standard InChI is InChI=1S/C13H11ClN4O2/c14-10-1-2-11-8(4-10)3-9(6-20-11)13(19)15-5-12-16-7-17-18-12/h1-4,7H,5-6H2,(H,15,19)(H,16,17,18). The van der Waals surface area contributed by atoms with Crippen LogP contribution in [0.1, 0.15) is 11.4 Å². The average Bonchev–Trinajstić information content (AvgIpc) is 2.97. The lowest BCUT2D eigenvalue weighted by atomic mass is 10.1. The van der Waals surface area contributed by atoms with Gasteiger partial charge < -0.3 is 10.1 Å². The highest BCUT2D eigenvalue weighted by Gasteiger charge is 2.17. The molecule has 1 aliphatic rings. The molecule has 2 heterocycles. The normalized spacial score (nSPS) is 13.2. The van der Waals surface area contributed by atoms with Crippen LogP contribution in [0, 0.1) is 0 Å². The van der Waals surface area contributed by atoms with Crippen molar-refractivity contribution < 1.29 is 9.53 Å². The third-order valence-corrected chi connectivity index (χ3v) is 3.09. The first-order chi connectivity index (χ1) is 9.72. The fraction of sp³-hybridized carbons (Fsp3) is 0.154. The van der Waals surface area contributed by atoms with Gasteiger partial charge in [0, 0.05) is 10.6 Å². The van der Waals surface area contributed by atoms with E-state index in [1.165, 1.54) is 6.33 Å². The molecule has 7 heteroatoms. The number of ether oxygens (including phenoxy) is 1. The van der Waals surface area contributed by atoms with Crippen LogP contribution in [0.25, 0.3) is 6.08 Å². The third kappa shape index (κ3) is 2.65. The molecular weight excluding hydrogens is 280 g/mol. The van der Waals surface area contributed by atoms with E-state index < -0.39 is 0 Å². The molecule has 20 heavy (non-hydrogen) atoms. The number of fused-ring (bicyclic) bond motifs is 1. The highest BCUT2D eigenvalue weighted by atomic mass is 35.5. The summed E-state index contributed by atoms with van der Waals surface area (Å²) in [5, 5.41) is 9.74. The number of hydrogen-bond acceptors (Lipinski definition) is 4. The van der Waals surface area contributed by atoms with E-state index in [9.17, 15) is 4.79 Å². The molecule has 1 aromatic heterocycles. The number of amides is 1. The highest BCUT2D eigenvalue weighted by molar-refractivity contribution is 6.30. The number of carbonyl (C=O) groups is 1. The Hall–Kier alpha value is -2.34. The maximum Gasteiger partial charge on any atom is 0.251 e. The van der Waals surface area contributed by atoms with E-state index in [1.807, 2.05) is 0 Å². The van der Waals surface area contributed by atoms with Gasteiger partial charge in [-0.25, -0.2) is 4.98 Å². The van der Waals surface area contributed by atoms with Crippen molar-refractivity contribution >= 4 is 23.6 Å². The third-order valence-electron chi connectivity index (χ3n) is 2.86. The molecule has 0 aliphatic carbocycles. The molecule has 0 atom stereocenters. The maximum absolute atomic E-state index is 12.0. The molecule has 2 N–H and O–H groups in total. The summed E-state index contributed by atoms with van der Waals surface area (Å²) in [6, 6.07) is 5.31. The predicted molar refractivity (Wildman–Crippen MR) is 73.2 cm³/mol. The van der Waals surface area contributed by atoms with Gasteiger partial charge in [-0.3, -0.25) is 9.89 Å². The Balaban J connectivity index is 1.72. The zero-order chi connectivity index (χ0) is 13.9. The zero-order valence-electron chi connectivity index (χ0n) is 10.4. The minimum absolute atomic E-state index is 0.202. The van der Waals surface area contributed by atoms with Gasteiger partial charge >= 0.3 is 0 Å². The van der Waals surface area contributed by atoms with Gasteiger partial charge in [0.2, 0.25) is 0 Å². The van der Waals surface area contributed by atoms with E-state index in [1.54, 1.807) is 24.3 Å². The molecule has 0 saturated carbocycles. The van der Waals surface area contributed by atoms with Crippen LogP contribution in [-0.4, -0.2) is 27.7 Å². The Morgan fingerprint density at radius 3 is 3.20 bits per heavy atom. The lowest BCUT2D eigenvalue weighted by Gasteiger charge is -2.17. The Morgan fingerprint density at radius 1 is 1.50 bits per heavy atom. The number of rotatable bonds is 3. The largest absolute Gasteiger partial charge is 0.488 e. The van der Waals surface area contributed by atoms with Crippen molar-refractivity contribution in [2.45, 2.75) is 6.54 Å². The summed E-state index contributed by atoms with van der Waals surface area (Å²) >= 11 is 5.93. The summed E-state index contributed by atoms with van der Waals surface area (Å²) in [6.45, 7) is 0.523. The number of carbonyl (C=O) groups excluding carboxylic acids is 1. The van der Waals surface area contributed by atoms with Crippen LogP contribution in [0.3, 0.4) is 0 Å². The lowest BCUT2D eigenvalue weighted by Crippen LogP contribution is -2.28. The Morgan fingerprint density at radius 2 is 2.40 bits per heavy atom. The molecule has 0 bridgehead atoms. The second-order valence-electron chi connectivity index (χ2n) is 4.26. The van der Waals surface area contributed by atoms with Crippen molar-refractivity contribution in [3.05, 3.63) is 46.5 Å². The number of aromatic amines is 1. The minimum Gasteiger partial charge on any atom is -0.488 e. The van der Waals surface area contributed by atoms with Gasteiger partial charge in [0.25, 0.3) is 5.91 Å². The Bertz CT molecular complexity index is 667. The van der Waals surface area contributed by atoms with Crippen molar-refractivity contribution in [1.29, 1.82) is 0 Å². The summed E-state index contributed by atoms with van der Waals surface area (Å²) in [4.78, 5) is 16.0. The van der Waals surface area contributed by atoms with Gasteiger partial charge in [0.1, 0.15) is 24.5 Å². The molecule has 0 unspecified atom stereocenters. The van der Waals surface area contributed by atoms with Crippen LogP contribution in [0.4, 0.5) is 0 Å². The van der Waals surface area contributed by atoms with Crippen molar-refractivity contribution in [3.63, 3.8) is 0 Å². The van der Waals surface area contributed by atoms with E-state index in [-0.39, 0.29) is 12.5 Å². The van der Waals surface area contributed by atoms with E-state index in [0.717, 1.165) is 11.3 Å². The van der Waals surface area contributed by atoms with Gasteiger partial charge in [-0.15, -0.1) is 0 Å².